The number of carbonyl (C=O) groups is 1. The molecular weight excluding hydrogens is 442 g/mol. The van der Waals surface area contributed by atoms with Crippen molar-refractivity contribution in [3.63, 3.8) is 0 Å². The van der Waals surface area contributed by atoms with E-state index >= 15 is 0 Å². The molecule has 0 bridgehead atoms. The quantitative estimate of drug-likeness (QED) is 0.423. The van der Waals surface area contributed by atoms with Gasteiger partial charge in [0.05, 0.1) is 34.3 Å². The van der Waals surface area contributed by atoms with Gasteiger partial charge in [-0.3, -0.25) is 9.48 Å². The van der Waals surface area contributed by atoms with E-state index in [-0.39, 0.29) is 5.92 Å². The van der Waals surface area contributed by atoms with Gasteiger partial charge in [0, 0.05) is 31.8 Å². The van der Waals surface area contributed by atoms with Crippen molar-refractivity contribution in [3.8, 4) is 11.8 Å². The van der Waals surface area contributed by atoms with E-state index in [9.17, 15) is 9.90 Å². The van der Waals surface area contributed by atoms with Gasteiger partial charge in [-0.15, -0.1) is 0 Å². The molecule has 2 aromatic heterocycles. The predicted octanol–water partition coefficient (Wildman–Crippen LogP) is 4.63. The molecule has 178 valence electrons. The average molecular weight is 470 g/mol. The molecule has 0 saturated heterocycles. The van der Waals surface area contributed by atoms with E-state index in [1.807, 2.05) is 49.6 Å². The smallest absolute Gasteiger partial charge is 0.307 e. The first-order valence-electron chi connectivity index (χ1n) is 11.8. The van der Waals surface area contributed by atoms with Crippen LogP contribution in [0, 0.1) is 17.2 Å². The fourth-order valence-corrected chi connectivity index (χ4v) is 4.96. The number of nitrogens with zero attached hydrogens (tertiary/aromatic N) is 5. The third kappa shape index (κ3) is 4.76. The van der Waals surface area contributed by atoms with Gasteiger partial charge in [-0.1, -0.05) is 25.0 Å². The Hall–Kier alpha value is -4.12. The highest BCUT2D eigenvalue weighted by molar-refractivity contribution is 5.79. The number of carboxylic acids is 1. The van der Waals surface area contributed by atoms with Gasteiger partial charge in [0.25, 0.3) is 0 Å². The molecule has 4 aromatic rings. The first kappa shape index (κ1) is 22.7. The molecule has 0 aliphatic heterocycles. The van der Waals surface area contributed by atoms with Gasteiger partial charge in [-0.05, 0) is 48.7 Å². The van der Waals surface area contributed by atoms with Gasteiger partial charge in [0.2, 0.25) is 0 Å². The van der Waals surface area contributed by atoms with E-state index in [0.29, 0.717) is 30.9 Å². The molecule has 2 atom stereocenters. The maximum Gasteiger partial charge on any atom is 0.307 e. The number of aromatic nitrogens is 4. The maximum atomic E-state index is 12.1. The average Bonchev–Trinajstić information content (AvgIpc) is 3.46. The summed E-state index contributed by atoms with van der Waals surface area (Å²) in [5, 5.41) is 23.4. The Bertz CT molecular complexity index is 1400. The highest BCUT2D eigenvalue weighted by Crippen LogP contribution is 2.39. The zero-order valence-corrected chi connectivity index (χ0v) is 19.6. The molecule has 0 unspecified atom stereocenters. The predicted molar refractivity (Wildman–Crippen MR) is 130 cm³/mol. The van der Waals surface area contributed by atoms with Crippen LogP contribution in [0.15, 0.2) is 54.7 Å². The number of aliphatic carboxylic acids is 1. The lowest BCUT2D eigenvalue weighted by Crippen LogP contribution is -2.27. The molecule has 8 nitrogen and oxygen atoms in total. The van der Waals surface area contributed by atoms with Crippen LogP contribution in [0.1, 0.15) is 54.2 Å². The van der Waals surface area contributed by atoms with Crippen LogP contribution in [0.5, 0.6) is 5.75 Å². The van der Waals surface area contributed by atoms with Crippen molar-refractivity contribution in [1.29, 1.82) is 5.26 Å². The summed E-state index contributed by atoms with van der Waals surface area (Å²) in [4.78, 5) is 17.0. The van der Waals surface area contributed by atoms with Crippen LogP contribution >= 0.6 is 0 Å². The normalized spacial score (nSPS) is 17.8. The summed E-state index contributed by atoms with van der Waals surface area (Å²) in [6.07, 6.45) is 5.26. The molecule has 1 N–H and O–H groups in total. The molecule has 2 heterocycles. The Morgan fingerprint density at radius 3 is 2.69 bits per heavy atom. The van der Waals surface area contributed by atoms with Gasteiger partial charge in [-0.25, -0.2) is 4.98 Å². The lowest BCUT2D eigenvalue weighted by molar-refractivity contribution is -0.143. The molecule has 8 heteroatoms. The summed E-state index contributed by atoms with van der Waals surface area (Å²) in [6.45, 7) is 0.886. The Labute approximate surface area is 203 Å². The number of hydrogen-bond acceptors (Lipinski definition) is 5. The molecular formula is C27H27N5O3. The summed E-state index contributed by atoms with van der Waals surface area (Å²) in [6, 6.07) is 17.3. The summed E-state index contributed by atoms with van der Waals surface area (Å²) in [5.41, 5.74) is 4.18. The van der Waals surface area contributed by atoms with Gasteiger partial charge in [0.1, 0.15) is 18.2 Å². The number of hydrogen-bond donors (Lipinski definition) is 1. The molecule has 0 spiro atoms. The van der Waals surface area contributed by atoms with E-state index in [0.717, 1.165) is 47.4 Å². The van der Waals surface area contributed by atoms with Crippen molar-refractivity contribution in [1.82, 2.24) is 19.3 Å². The molecule has 1 aliphatic rings. The minimum Gasteiger partial charge on any atom is -0.487 e. The van der Waals surface area contributed by atoms with Crippen LogP contribution in [-0.4, -0.2) is 30.4 Å². The van der Waals surface area contributed by atoms with Crippen LogP contribution in [0.3, 0.4) is 0 Å². The zero-order valence-electron chi connectivity index (χ0n) is 19.6. The van der Waals surface area contributed by atoms with Crippen molar-refractivity contribution in [2.75, 3.05) is 0 Å². The monoisotopic (exact) mass is 469 g/mol. The second kappa shape index (κ2) is 9.63. The highest BCUT2D eigenvalue weighted by Gasteiger charge is 2.35. The van der Waals surface area contributed by atoms with Crippen LogP contribution in [0.25, 0.3) is 11.0 Å². The first-order chi connectivity index (χ1) is 17.0. The number of carboxylic acid groups (broad SMARTS) is 1. The topological polar surface area (TPSA) is 106 Å². The van der Waals surface area contributed by atoms with E-state index in [2.05, 4.69) is 15.7 Å². The minimum absolute atomic E-state index is 0.148. The Morgan fingerprint density at radius 1 is 1.17 bits per heavy atom. The lowest BCUT2D eigenvalue weighted by Gasteiger charge is -2.28. The Balaban J connectivity index is 1.54. The Kier molecular flexibility index (Phi) is 6.23. The summed E-state index contributed by atoms with van der Waals surface area (Å²) >= 11 is 0. The fraction of sp³-hybridized carbons (Fsp3) is 0.333. The molecule has 1 aliphatic carbocycles. The summed E-state index contributed by atoms with van der Waals surface area (Å²) < 4.78 is 9.88. The van der Waals surface area contributed by atoms with Crippen molar-refractivity contribution < 1.29 is 14.6 Å². The molecule has 2 aromatic carbocycles. The summed E-state index contributed by atoms with van der Waals surface area (Å²) in [5.74, 6) is 0.156. The molecule has 35 heavy (non-hydrogen) atoms. The van der Waals surface area contributed by atoms with E-state index < -0.39 is 11.9 Å². The second-order valence-electron chi connectivity index (χ2n) is 9.12. The number of ether oxygens (including phenoxy) is 1. The lowest BCUT2D eigenvalue weighted by atomic mass is 9.78. The fourth-order valence-electron chi connectivity index (χ4n) is 4.96. The van der Waals surface area contributed by atoms with Crippen molar-refractivity contribution in [3.05, 3.63) is 77.4 Å². The van der Waals surface area contributed by atoms with Gasteiger partial charge in [-0.2, -0.15) is 10.4 Å². The highest BCUT2D eigenvalue weighted by atomic mass is 16.5. The van der Waals surface area contributed by atoms with Crippen LogP contribution in [0.4, 0.5) is 0 Å². The summed E-state index contributed by atoms with van der Waals surface area (Å²) in [7, 11) is 1.87. The van der Waals surface area contributed by atoms with Gasteiger partial charge < -0.3 is 14.4 Å². The number of nitriles is 1. The first-order valence-corrected chi connectivity index (χ1v) is 11.8. The molecule has 0 amide bonds. The van der Waals surface area contributed by atoms with E-state index in [1.165, 1.54) is 0 Å². The third-order valence-electron chi connectivity index (χ3n) is 6.74. The third-order valence-corrected chi connectivity index (χ3v) is 6.74. The van der Waals surface area contributed by atoms with Crippen LogP contribution < -0.4 is 4.74 Å². The number of fused-ring (bicyclic) bond motifs is 1. The molecule has 5 rings (SSSR count). The standard InChI is InChI=1S/C27H27N5O3/c1-31-13-12-20(30-31)17-35-21-10-11-24-25(14-21)32(16-19-8-6-18(15-28)7-9-19)26(29-24)22-4-2-3-5-23(22)27(33)34/h6-14,22-23H,2-5,16-17H2,1H3,(H,33,34)/t22-,23-/m0/s1. The SMILES string of the molecule is Cn1ccc(COc2ccc3nc([C@H]4CCCC[C@@H]4C(=O)O)n(Cc4ccc(C#N)cc4)c3c2)n1. The zero-order chi connectivity index (χ0) is 24.4. The van der Waals surface area contributed by atoms with Crippen LogP contribution in [0.2, 0.25) is 0 Å². The number of rotatable bonds is 7. The molecule has 1 fully saturated rings. The van der Waals surface area contributed by atoms with Crippen molar-refractivity contribution in [2.45, 2.75) is 44.8 Å². The number of imidazole rings is 1. The van der Waals surface area contributed by atoms with Crippen molar-refractivity contribution in [2.24, 2.45) is 13.0 Å². The maximum absolute atomic E-state index is 12.1. The molecule has 1 saturated carbocycles. The second-order valence-corrected chi connectivity index (χ2v) is 9.12. The number of benzene rings is 2. The number of aryl methyl sites for hydroxylation is 1. The largest absolute Gasteiger partial charge is 0.487 e. The van der Waals surface area contributed by atoms with Gasteiger partial charge >= 0.3 is 5.97 Å². The Morgan fingerprint density at radius 2 is 1.97 bits per heavy atom. The van der Waals surface area contributed by atoms with E-state index in [4.69, 9.17) is 15.0 Å². The van der Waals surface area contributed by atoms with Crippen molar-refractivity contribution >= 4 is 17.0 Å². The van der Waals surface area contributed by atoms with E-state index in [1.54, 1.807) is 16.8 Å². The minimum atomic E-state index is -0.758. The van der Waals surface area contributed by atoms with Crippen LogP contribution in [-0.2, 0) is 25.0 Å². The van der Waals surface area contributed by atoms with Gasteiger partial charge in [0.15, 0.2) is 0 Å². The molecule has 0 radical (unpaired) electrons.